The highest BCUT2D eigenvalue weighted by Gasteiger charge is 2.13. The number of amides is 2. The van der Waals surface area contributed by atoms with Crippen LogP contribution in [0.3, 0.4) is 0 Å². The summed E-state index contributed by atoms with van der Waals surface area (Å²) in [5.41, 5.74) is 5.47. The van der Waals surface area contributed by atoms with Crippen molar-refractivity contribution in [2.45, 2.75) is 0 Å². The van der Waals surface area contributed by atoms with E-state index in [4.69, 9.17) is 0 Å². The van der Waals surface area contributed by atoms with Crippen molar-refractivity contribution in [2.24, 2.45) is 14.1 Å². The summed E-state index contributed by atoms with van der Waals surface area (Å²) in [6.45, 7) is 0. The van der Waals surface area contributed by atoms with Gasteiger partial charge in [0.15, 0.2) is 0 Å². The predicted octanol–water partition coefficient (Wildman–Crippen LogP) is 0.596. The van der Waals surface area contributed by atoms with E-state index in [2.05, 4.69) is 31.9 Å². The van der Waals surface area contributed by atoms with Gasteiger partial charge in [-0.05, 0) is 22.0 Å². The van der Waals surface area contributed by atoms with Crippen LogP contribution in [0.25, 0.3) is 0 Å². The Morgan fingerprint density at radius 1 is 1.21 bits per heavy atom. The van der Waals surface area contributed by atoms with Crippen LogP contribution >= 0.6 is 15.9 Å². The molecule has 0 atom stereocenters. The van der Waals surface area contributed by atoms with Crippen LogP contribution in [-0.4, -0.2) is 26.2 Å². The van der Waals surface area contributed by atoms with Gasteiger partial charge >= 0.3 is 0 Å². The standard InChI is InChI=1S/C11H12BrN5O2/c1-16-6-8(12)3-9(16)11(19)15-14-10(18)7-4-13-17(2)5-7/h3-6H,1-2H3,(H,14,18)(H,15,19). The minimum atomic E-state index is -0.422. The van der Waals surface area contributed by atoms with E-state index in [1.165, 1.54) is 10.9 Å². The van der Waals surface area contributed by atoms with Gasteiger partial charge in [-0.15, -0.1) is 0 Å². The van der Waals surface area contributed by atoms with Gasteiger partial charge in [-0.1, -0.05) is 0 Å². The number of halogens is 1. The summed E-state index contributed by atoms with van der Waals surface area (Å²) in [5, 5.41) is 3.87. The first-order valence-corrected chi connectivity index (χ1v) is 6.18. The van der Waals surface area contributed by atoms with E-state index in [9.17, 15) is 9.59 Å². The molecule has 2 aromatic heterocycles. The molecule has 0 bridgehead atoms. The molecule has 2 rings (SSSR count). The highest BCUT2D eigenvalue weighted by molar-refractivity contribution is 9.10. The molecule has 19 heavy (non-hydrogen) atoms. The normalized spacial score (nSPS) is 10.3. The van der Waals surface area contributed by atoms with E-state index >= 15 is 0 Å². The molecule has 0 aliphatic heterocycles. The van der Waals surface area contributed by atoms with Crippen LogP contribution in [-0.2, 0) is 14.1 Å². The zero-order valence-electron chi connectivity index (χ0n) is 10.3. The van der Waals surface area contributed by atoms with Gasteiger partial charge in [0.2, 0.25) is 0 Å². The lowest BCUT2D eigenvalue weighted by atomic mass is 10.3. The van der Waals surface area contributed by atoms with Crippen LogP contribution in [0, 0.1) is 0 Å². The third-order valence-corrected chi connectivity index (χ3v) is 2.89. The molecule has 0 aliphatic carbocycles. The first-order chi connectivity index (χ1) is 8.97. The SMILES string of the molecule is Cn1cc(C(=O)NNC(=O)c2cc(Br)cn2C)cn1. The molecule has 0 radical (unpaired) electrons. The Kier molecular flexibility index (Phi) is 3.70. The smallest absolute Gasteiger partial charge is 0.286 e. The number of nitrogens with one attached hydrogen (secondary N) is 2. The molecular weight excluding hydrogens is 314 g/mol. The van der Waals surface area contributed by atoms with Crippen LogP contribution in [0.1, 0.15) is 20.8 Å². The van der Waals surface area contributed by atoms with Crippen LogP contribution < -0.4 is 10.9 Å². The third-order valence-electron chi connectivity index (χ3n) is 2.46. The first-order valence-electron chi connectivity index (χ1n) is 5.38. The van der Waals surface area contributed by atoms with Crippen LogP contribution in [0.4, 0.5) is 0 Å². The Balaban J connectivity index is 1.97. The molecule has 0 saturated carbocycles. The van der Waals surface area contributed by atoms with Gasteiger partial charge in [0, 0.05) is 31.0 Å². The number of nitrogens with zero attached hydrogens (tertiary/aromatic N) is 3. The molecule has 2 N–H and O–H groups in total. The Bertz CT molecular complexity index is 631. The monoisotopic (exact) mass is 325 g/mol. The molecule has 0 saturated heterocycles. The Morgan fingerprint density at radius 3 is 2.42 bits per heavy atom. The Morgan fingerprint density at radius 2 is 1.89 bits per heavy atom. The third kappa shape index (κ3) is 3.02. The van der Waals surface area contributed by atoms with Crippen molar-refractivity contribution in [1.29, 1.82) is 0 Å². The van der Waals surface area contributed by atoms with Gasteiger partial charge in [0.05, 0.1) is 11.8 Å². The maximum atomic E-state index is 11.8. The zero-order valence-corrected chi connectivity index (χ0v) is 11.9. The van der Waals surface area contributed by atoms with Crippen molar-refractivity contribution in [3.63, 3.8) is 0 Å². The fourth-order valence-corrected chi connectivity index (χ4v) is 2.06. The summed E-state index contributed by atoms with van der Waals surface area (Å²) < 4.78 is 3.94. The maximum absolute atomic E-state index is 11.8. The topological polar surface area (TPSA) is 81.0 Å². The number of aryl methyl sites for hydroxylation is 2. The fourth-order valence-electron chi connectivity index (χ4n) is 1.54. The molecule has 0 unspecified atom stereocenters. The van der Waals surface area contributed by atoms with Gasteiger partial charge < -0.3 is 4.57 Å². The van der Waals surface area contributed by atoms with Crippen molar-refractivity contribution in [3.05, 3.63) is 40.4 Å². The van der Waals surface area contributed by atoms with E-state index in [0.717, 1.165) is 4.47 Å². The zero-order chi connectivity index (χ0) is 14.0. The van der Waals surface area contributed by atoms with E-state index < -0.39 is 11.8 Å². The summed E-state index contributed by atoms with van der Waals surface area (Å²) in [5.74, 6) is -0.819. The Labute approximate surface area is 117 Å². The van der Waals surface area contributed by atoms with Crippen molar-refractivity contribution >= 4 is 27.7 Å². The average molecular weight is 326 g/mol. The predicted molar refractivity (Wildman–Crippen MR) is 71.3 cm³/mol. The Hall–Kier alpha value is -2.09. The molecule has 100 valence electrons. The van der Waals surface area contributed by atoms with Crippen LogP contribution in [0.2, 0.25) is 0 Å². The molecule has 0 fully saturated rings. The second kappa shape index (κ2) is 5.27. The summed E-state index contributed by atoms with van der Waals surface area (Å²) >= 11 is 3.27. The number of rotatable bonds is 2. The summed E-state index contributed by atoms with van der Waals surface area (Å²) in [6.07, 6.45) is 4.72. The second-order valence-corrected chi connectivity index (χ2v) is 4.88. The van der Waals surface area contributed by atoms with Gasteiger partial charge in [0.25, 0.3) is 11.8 Å². The minimum absolute atomic E-state index is 0.371. The summed E-state index contributed by atoms with van der Waals surface area (Å²) in [6, 6.07) is 1.66. The molecular formula is C11H12BrN5O2. The minimum Gasteiger partial charge on any atom is -0.345 e. The number of hydrogen-bond donors (Lipinski definition) is 2. The quantitative estimate of drug-likeness (QED) is 0.793. The first kappa shape index (κ1) is 13.3. The van der Waals surface area contributed by atoms with Crippen LogP contribution in [0.5, 0.6) is 0 Å². The van der Waals surface area contributed by atoms with E-state index in [0.29, 0.717) is 11.3 Å². The highest BCUT2D eigenvalue weighted by Crippen LogP contribution is 2.13. The number of hydrogen-bond acceptors (Lipinski definition) is 3. The lowest BCUT2D eigenvalue weighted by molar-refractivity contribution is 0.0842. The van der Waals surface area contributed by atoms with E-state index in [-0.39, 0.29) is 0 Å². The molecule has 0 aromatic carbocycles. The van der Waals surface area contributed by atoms with Crippen molar-refractivity contribution in [2.75, 3.05) is 0 Å². The number of carbonyl (C=O) groups is 2. The molecule has 0 aliphatic rings. The summed E-state index contributed by atoms with van der Waals surface area (Å²) in [7, 11) is 3.44. The van der Waals surface area contributed by atoms with Gasteiger partial charge in [-0.2, -0.15) is 5.10 Å². The fraction of sp³-hybridized carbons (Fsp3) is 0.182. The van der Waals surface area contributed by atoms with Gasteiger partial charge in [-0.3, -0.25) is 25.1 Å². The molecule has 0 spiro atoms. The molecule has 2 aromatic rings. The van der Waals surface area contributed by atoms with Crippen molar-refractivity contribution in [3.8, 4) is 0 Å². The largest absolute Gasteiger partial charge is 0.345 e. The maximum Gasteiger partial charge on any atom is 0.286 e. The van der Waals surface area contributed by atoms with Gasteiger partial charge in [0.1, 0.15) is 5.69 Å². The molecule has 2 amide bonds. The number of aromatic nitrogens is 3. The highest BCUT2D eigenvalue weighted by atomic mass is 79.9. The summed E-state index contributed by atoms with van der Waals surface area (Å²) in [4.78, 5) is 23.5. The molecule has 8 heteroatoms. The second-order valence-electron chi connectivity index (χ2n) is 3.97. The molecule has 7 nitrogen and oxygen atoms in total. The number of hydrazine groups is 1. The van der Waals surface area contributed by atoms with Crippen LogP contribution in [0.15, 0.2) is 29.1 Å². The lowest BCUT2D eigenvalue weighted by Gasteiger charge is -2.06. The van der Waals surface area contributed by atoms with E-state index in [1.54, 1.807) is 37.1 Å². The van der Waals surface area contributed by atoms with Crippen molar-refractivity contribution < 1.29 is 9.59 Å². The van der Waals surface area contributed by atoms with Crippen molar-refractivity contribution in [1.82, 2.24) is 25.2 Å². The van der Waals surface area contributed by atoms with E-state index in [1.807, 2.05) is 0 Å². The number of carbonyl (C=O) groups excluding carboxylic acids is 2. The molecule has 2 heterocycles. The van der Waals surface area contributed by atoms with Gasteiger partial charge in [-0.25, -0.2) is 0 Å². The average Bonchev–Trinajstić information content (AvgIpc) is 2.92. The lowest BCUT2D eigenvalue weighted by Crippen LogP contribution is -2.42.